The predicted octanol–water partition coefficient (Wildman–Crippen LogP) is 4.33. The zero-order valence-corrected chi connectivity index (χ0v) is 17.4. The third kappa shape index (κ3) is 3.93. The molecule has 5 rings (SSSR count). The van der Waals surface area contributed by atoms with E-state index in [1.165, 1.54) is 18.2 Å². The minimum atomic E-state index is -0.276. The van der Waals surface area contributed by atoms with Crippen LogP contribution in [0.15, 0.2) is 72.9 Å². The minimum Gasteiger partial charge on any atom is -0.366 e. The maximum atomic E-state index is 14.1. The highest BCUT2D eigenvalue weighted by molar-refractivity contribution is 5.98. The molecule has 1 aliphatic rings. The number of amides is 1. The van der Waals surface area contributed by atoms with Gasteiger partial charge in [-0.3, -0.25) is 9.48 Å². The average Bonchev–Trinajstić information content (AvgIpc) is 3.22. The molecule has 32 heavy (non-hydrogen) atoms. The fourth-order valence-electron chi connectivity index (χ4n) is 4.13. The molecule has 2 heterocycles. The molecule has 0 saturated carbocycles. The number of piperazine rings is 1. The number of fused-ring (bicyclic) bond motifs is 1. The van der Waals surface area contributed by atoms with Gasteiger partial charge in [-0.1, -0.05) is 30.3 Å². The van der Waals surface area contributed by atoms with Gasteiger partial charge in [-0.15, -0.1) is 0 Å². The van der Waals surface area contributed by atoms with Crippen LogP contribution in [0.5, 0.6) is 0 Å². The van der Waals surface area contributed by atoms with Crippen LogP contribution < -0.4 is 4.90 Å². The van der Waals surface area contributed by atoms with Gasteiger partial charge in [0.15, 0.2) is 0 Å². The summed E-state index contributed by atoms with van der Waals surface area (Å²) in [6.07, 6.45) is 1.76. The van der Waals surface area contributed by atoms with Crippen LogP contribution in [0.2, 0.25) is 0 Å². The molecule has 0 radical (unpaired) electrons. The van der Waals surface area contributed by atoms with Crippen molar-refractivity contribution in [3.05, 3.63) is 95.7 Å². The molecule has 0 spiro atoms. The summed E-state index contributed by atoms with van der Waals surface area (Å²) in [5, 5.41) is 5.37. The minimum absolute atomic E-state index is 0.0467. The first kappa shape index (κ1) is 20.2. The summed E-state index contributed by atoms with van der Waals surface area (Å²) in [6.45, 7) is 2.71. The van der Waals surface area contributed by atoms with Gasteiger partial charge in [0.2, 0.25) is 0 Å². The van der Waals surface area contributed by atoms with Crippen LogP contribution in [0.1, 0.15) is 15.9 Å². The monoisotopic (exact) mass is 432 g/mol. The first-order valence-electron chi connectivity index (χ1n) is 10.6. The molecule has 0 aliphatic carbocycles. The summed E-state index contributed by atoms with van der Waals surface area (Å²) >= 11 is 0. The molecule has 7 heteroatoms. The van der Waals surface area contributed by atoms with Crippen molar-refractivity contribution in [3.8, 4) is 0 Å². The van der Waals surface area contributed by atoms with Gasteiger partial charge in [-0.25, -0.2) is 8.78 Å². The molecular formula is C25H22F2N4O. The normalized spacial score (nSPS) is 14.2. The highest BCUT2D eigenvalue weighted by Gasteiger charge is 2.24. The number of carbonyl (C=O) groups excluding carboxylic acids is 1. The highest BCUT2D eigenvalue weighted by Crippen LogP contribution is 2.22. The number of halogens is 2. The van der Waals surface area contributed by atoms with Crippen LogP contribution in [0.3, 0.4) is 0 Å². The van der Waals surface area contributed by atoms with E-state index >= 15 is 0 Å². The second kappa shape index (κ2) is 8.42. The maximum Gasteiger partial charge on any atom is 0.254 e. The lowest BCUT2D eigenvalue weighted by Gasteiger charge is -2.36. The molecule has 5 nitrogen and oxygen atoms in total. The smallest absolute Gasteiger partial charge is 0.254 e. The fourth-order valence-corrected chi connectivity index (χ4v) is 4.13. The molecule has 0 N–H and O–H groups in total. The Bertz CT molecular complexity index is 1260. The predicted molar refractivity (Wildman–Crippen MR) is 120 cm³/mol. The number of aromatic nitrogens is 2. The molecule has 0 bridgehead atoms. The highest BCUT2D eigenvalue weighted by atomic mass is 19.1. The topological polar surface area (TPSA) is 41.4 Å². The van der Waals surface area contributed by atoms with Gasteiger partial charge >= 0.3 is 0 Å². The molecule has 0 atom stereocenters. The fraction of sp³-hybridized carbons (Fsp3) is 0.200. The number of rotatable bonds is 4. The Morgan fingerprint density at radius 3 is 2.41 bits per heavy atom. The van der Waals surface area contributed by atoms with Crippen LogP contribution in [0.25, 0.3) is 10.9 Å². The van der Waals surface area contributed by atoms with Crippen molar-refractivity contribution in [3.63, 3.8) is 0 Å². The number of anilines is 1. The second-order valence-electron chi connectivity index (χ2n) is 7.93. The van der Waals surface area contributed by atoms with E-state index in [0.717, 1.165) is 16.5 Å². The van der Waals surface area contributed by atoms with Crippen LogP contribution in [0.4, 0.5) is 14.5 Å². The van der Waals surface area contributed by atoms with Gasteiger partial charge in [0.1, 0.15) is 11.6 Å². The van der Waals surface area contributed by atoms with E-state index in [9.17, 15) is 13.6 Å². The van der Waals surface area contributed by atoms with Crippen molar-refractivity contribution in [2.45, 2.75) is 6.54 Å². The van der Waals surface area contributed by atoms with Crippen LogP contribution in [0, 0.1) is 11.6 Å². The molecule has 1 amide bonds. The van der Waals surface area contributed by atoms with E-state index in [-0.39, 0.29) is 17.5 Å². The van der Waals surface area contributed by atoms with Gasteiger partial charge in [0, 0.05) is 37.1 Å². The molecule has 162 valence electrons. The third-order valence-corrected chi connectivity index (χ3v) is 5.90. The summed E-state index contributed by atoms with van der Waals surface area (Å²) in [4.78, 5) is 16.9. The Hall–Kier alpha value is -3.74. The largest absolute Gasteiger partial charge is 0.366 e. The first-order chi connectivity index (χ1) is 15.6. The molecule has 4 aromatic rings. The van der Waals surface area contributed by atoms with E-state index < -0.39 is 0 Å². The van der Waals surface area contributed by atoms with Gasteiger partial charge in [-0.2, -0.15) is 5.10 Å². The SMILES string of the molecule is O=C(c1ccc2cnn(Cc3ccc(F)cc3)c2c1)N1CCN(c2ccccc2F)CC1. The van der Waals surface area contributed by atoms with Crippen molar-refractivity contribution in [1.29, 1.82) is 0 Å². The van der Waals surface area contributed by atoms with Gasteiger partial charge in [-0.05, 0) is 42.0 Å². The molecule has 0 unspecified atom stereocenters. The van der Waals surface area contributed by atoms with E-state index in [1.54, 1.807) is 35.4 Å². The number of carbonyl (C=O) groups is 1. The molecule has 1 aromatic heterocycles. The Balaban J connectivity index is 1.32. The summed E-state index contributed by atoms with van der Waals surface area (Å²) in [5.74, 6) is -0.566. The van der Waals surface area contributed by atoms with Crippen molar-refractivity contribution in [2.24, 2.45) is 0 Å². The lowest BCUT2D eigenvalue weighted by atomic mass is 10.1. The lowest BCUT2D eigenvalue weighted by molar-refractivity contribution is 0.0747. The molecule has 1 fully saturated rings. The number of nitrogens with zero attached hydrogens (tertiary/aromatic N) is 4. The molecular weight excluding hydrogens is 410 g/mol. The summed E-state index contributed by atoms with van der Waals surface area (Å²) in [6, 6.07) is 18.6. The Labute approximate surface area is 184 Å². The summed E-state index contributed by atoms with van der Waals surface area (Å²) in [5.41, 5.74) is 2.95. The maximum absolute atomic E-state index is 14.1. The lowest BCUT2D eigenvalue weighted by Crippen LogP contribution is -2.49. The van der Waals surface area contributed by atoms with Gasteiger partial charge in [0.25, 0.3) is 5.91 Å². The van der Waals surface area contributed by atoms with Crippen LogP contribution >= 0.6 is 0 Å². The third-order valence-electron chi connectivity index (χ3n) is 5.90. The molecule has 3 aromatic carbocycles. The van der Waals surface area contributed by atoms with Crippen LogP contribution in [-0.2, 0) is 6.54 Å². The standard InChI is InChI=1S/C25H22F2N4O/c26-21-9-5-18(6-10-21)17-31-24-15-19(7-8-20(24)16-28-31)25(32)30-13-11-29(12-14-30)23-4-2-1-3-22(23)27/h1-10,15-16H,11-14,17H2. The average molecular weight is 432 g/mol. The Morgan fingerprint density at radius 2 is 1.66 bits per heavy atom. The van der Waals surface area contributed by atoms with Gasteiger partial charge in [0.05, 0.1) is 23.9 Å². The number of benzene rings is 3. The number of para-hydroxylation sites is 1. The van der Waals surface area contributed by atoms with Crippen molar-refractivity contribution >= 4 is 22.5 Å². The zero-order chi connectivity index (χ0) is 22.1. The first-order valence-corrected chi connectivity index (χ1v) is 10.6. The van der Waals surface area contributed by atoms with E-state index in [1.807, 2.05) is 33.8 Å². The Morgan fingerprint density at radius 1 is 0.906 bits per heavy atom. The summed E-state index contributed by atoms with van der Waals surface area (Å²) < 4.78 is 29.1. The second-order valence-corrected chi connectivity index (χ2v) is 7.93. The Kier molecular flexibility index (Phi) is 5.31. The van der Waals surface area contributed by atoms with Crippen molar-refractivity contribution in [1.82, 2.24) is 14.7 Å². The van der Waals surface area contributed by atoms with Gasteiger partial charge < -0.3 is 9.80 Å². The van der Waals surface area contributed by atoms with Crippen molar-refractivity contribution < 1.29 is 13.6 Å². The zero-order valence-electron chi connectivity index (χ0n) is 17.4. The quantitative estimate of drug-likeness (QED) is 0.482. The van der Waals surface area contributed by atoms with Crippen molar-refractivity contribution in [2.75, 3.05) is 31.1 Å². The summed E-state index contributed by atoms with van der Waals surface area (Å²) in [7, 11) is 0. The van der Waals surface area contributed by atoms with E-state index in [0.29, 0.717) is 44.0 Å². The van der Waals surface area contributed by atoms with E-state index in [2.05, 4.69) is 5.10 Å². The van der Waals surface area contributed by atoms with E-state index in [4.69, 9.17) is 0 Å². The number of hydrogen-bond acceptors (Lipinski definition) is 3. The van der Waals surface area contributed by atoms with Crippen LogP contribution in [-0.4, -0.2) is 46.8 Å². The molecule has 1 aliphatic heterocycles. The molecule has 1 saturated heterocycles. The number of hydrogen-bond donors (Lipinski definition) is 0.